The molecule has 0 spiro atoms. The van der Waals surface area contributed by atoms with E-state index in [9.17, 15) is 14.4 Å². The van der Waals surface area contributed by atoms with Crippen molar-refractivity contribution in [2.45, 2.75) is 25.8 Å². The van der Waals surface area contributed by atoms with Crippen LogP contribution in [0.3, 0.4) is 0 Å². The van der Waals surface area contributed by atoms with Crippen LogP contribution in [0, 0.1) is 0 Å². The molecule has 5 rings (SSSR count). The third kappa shape index (κ3) is 4.43. The van der Waals surface area contributed by atoms with Gasteiger partial charge in [0.25, 0.3) is 17.4 Å². The maximum absolute atomic E-state index is 13.3. The Morgan fingerprint density at radius 3 is 2.49 bits per heavy atom. The molecule has 4 aromatic rings. The van der Waals surface area contributed by atoms with Crippen molar-refractivity contribution in [3.63, 3.8) is 0 Å². The molecular formula is C26H23N5O4. The second-order valence-corrected chi connectivity index (χ2v) is 8.18. The number of primary amides is 1. The van der Waals surface area contributed by atoms with E-state index in [0.717, 1.165) is 24.2 Å². The summed E-state index contributed by atoms with van der Waals surface area (Å²) < 4.78 is 9.25. The van der Waals surface area contributed by atoms with E-state index in [4.69, 9.17) is 10.5 Å². The lowest BCUT2D eigenvalue weighted by molar-refractivity contribution is 0.0993. The van der Waals surface area contributed by atoms with E-state index in [1.165, 1.54) is 12.3 Å². The van der Waals surface area contributed by atoms with Gasteiger partial charge in [-0.15, -0.1) is 0 Å². The molecule has 0 fully saturated rings. The molecule has 1 aliphatic heterocycles. The standard InChI is InChI=1S/C26H23N5O4/c27-24(32)21-16-20(13-14-28-21)35-19-11-9-17(10-12-19)29-25(33)23-22-8-4-5-15-30(22)31(26(23)34)18-6-2-1-3-7-18/h1-3,6-7,9-14,16H,4-5,8,15H2,(H2,27,32)(H,29,33). The van der Waals surface area contributed by atoms with E-state index >= 15 is 0 Å². The summed E-state index contributed by atoms with van der Waals surface area (Å²) in [6.45, 7) is 0.686. The number of pyridine rings is 1. The zero-order chi connectivity index (χ0) is 24.4. The van der Waals surface area contributed by atoms with Crippen LogP contribution < -0.4 is 21.3 Å². The summed E-state index contributed by atoms with van der Waals surface area (Å²) in [5.41, 5.74) is 7.21. The molecule has 35 heavy (non-hydrogen) atoms. The number of para-hydroxylation sites is 1. The molecule has 0 saturated carbocycles. The van der Waals surface area contributed by atoms with E-state index < -0.39 is 11.8 Å². The van der Waals surface area contributed by atoms with E-state index in [0.29, 0.717) is 30.2 Å². The quantitative estimate of drug-likeness (QED) is 0.448. The molecule has 2 aromatic heterocycles. The molecule has 1 aliphatic rings. The second-order valence-electron chi connectivity index (χ2n) is 8.18. The Bertz CT molecular complexity index is 1460. The number of fused-ring (bicyclic) bond motifs is 1. The summed E-state index contributed by atoms with van der Waals surface area (Å²) in [6.07, 6.45) is 3.99. The molecule has 0 saturated heterocycles. The third-order valence-corrected chi connectivity index (χ3v) is 5.84. The molecule has 9 heteroatoms. The minimum Gasteiger partial charge on any atom is -0.457 e. The van der Waals surface area contributed by atoms with Crippen molar-refractivity contribution in [1.82, 2.24) is 14.3 Å². The largest absolute Gasteiger partial charge is 0.457 e. The van der Waals surface area contributed by atoms with Gasteiger partial charge in [-0.25, -0.2) is 4.68 Å². The summed E-state index contributed by atoms with van der Waals surface area (Å²) in [7, 11) is 0. The van der Waals surface area contributed by atoms with Crippen molar-refractivity contribution in [3.8, 4) is 17.2 Å². The monoisotopic (exact) mass is 469 g/mol. The number of nitrogens with two attached hydrogens (primary N) is 1. The Hall–Kier alpha value is -4.66. The summed E-state index contributed by atoms with van der Waals surface area (Å²) >= 11 is 0. The fraction of sp³-hybridized carbons (Fsp3) is 0.154. The first-order valence-electron chi connectivity index (χ1n) is 11.3. The van der Waals surface area contributed by atoms with Crippen LogP contribution in [0.25, 0.3) is 5.69 Å². The van der Waals surface area contributed by atoms with E-state index in [-0.39, 0.29) is 16.8 Å². The molecule has 176 valence electrons. The Morgan fingerprint density at radius 2 is 1.74 bits per heavy atom. The van der Waals surface area contributed by atoms with Gasteiger partial charge in [0, 0.05) is 24.5 Å². The van der Waals surface area contributed by atoms with Gasteiger partial charge in [-0.05, 0) is 61.7 Å². The maximum atomic E-state index is 13.3. The van der Waals surface area contributed by atoms with Crippen LogP contribution in [0.2, 0.25) is 0 Å². The van der Waals surface area contributed by atoms with E-state index in [1.807, 2.05) is 35.0 Å². The van der Waals surface area contributed by atoms with Gasteiger partial charge in [-0.2, -0.15) is 0 Å². The molecule has 2 aromatic carbocycles. The molecule has 0 unspecified atom stereocenters. The number of rotatable bonds is 6. The van der Waals surface area contributed by atoms with Crippen molar-refractivity contribution in [2.24, 2.45) is 5.73 Å². The number of nitrogens with zero attached hydrogens (tertiary/aromatic N) is 3. The van der Waals surface area contributed by atoms with Gasteiger partial charge < -0.3 is 15.8 Å². The molecular weight excluding hydrogens is 446 g/mol. The number of hydrogen-bond acceptors (Lipinski definition) is 5. The minimum absolute atomic E-state index is 0.100. The molecule has 3 N–H and O–H groups in total. The normalized spacial score (nSPS) is 12.6. The van der Waals surface area contributed by atoms with Gasteiger partial charge in [-0.3, -0.25) is 24.0 Å². The Labute approximate surface area is 200 Å². The number of anilines is 1. The van der Waals surface area contributed by atoms with Crippen molar-refractivity contribution in [3.05, 3.63) is 100 Å². The third-order valence-electron chi connectivity index (χ3n) is 5.84. The van der Waals surface area contributed by atoms with E-state index in [1.54, 1.807) is 35.0 Å². The smallest absolute Gasteiger partial charge is 0.284 e. The maximum Gasteiger partial charge on any atom is 0.284 e. The molecule has 9 nitrogen and oxygen atoms in total. The lowest BCUT2D eigenvalue weighted by Crippen LogP contribution is -2.25. The topological polar surface area (TPSA) is 121 Å². The van der Waals surface area contributed by atoms with Crippen molar-refractivity contribution in [2.75, 3.05) is 5.32 Å². The highest BCUT2D eigenvalue weighted by atomic mass is 16.5. The summed E-state index contributed by atoms with van der Waals surface area (Å²) in [5, 5.41) is 2.84. The minimum atomic E-state index is -0.646. The molecule has 0 aliphatic carbocycles. The van der Waals surface area contributed by atoms with Gasteiger partial charge in [0.1, 0.15) is 22.8 Å². The van der Waals surface area contributed by atoms with Gasteiger partial charge in [0.2, 0.25) is 0 Å². The number of amides is 2. The Kier molecular flexibility index (Phi) is 5.88. The fourth-order valence-corrected chi connectivity index (χ4v) is 4.23. The summed E-state index contributed by atoms with van der Waals surface area (Å²) in [4.78, 5) is 41.7. The number of carbonyl (C=O) groups excluding carboxylic acids is 2. The predicted molar refractivity (Wildman–Crippen MR) is 130 cm³/mol. The number of nitrogens with one attached hydrogen (secondary N) is 1. The van der Waals surface area contributed by atoms with E-state index in [2.05, 4.69) is 10.3 Å². The van der Waals surface area contributed by atoms with Gasteiger partial charge in [0.05, 0.1) is 11.4 Å². The van der Waals surface area contributed by atoms with Crippen LogP contribution >= 0.6 is 0 Å². The average Bonchev–Trinajstić information content (AvgIpc) is 3.17. The lowest BCUT2D eigenvalue weighted by atomic mass is 10.1. The number of benzene rings is 2. The highest BCUT2D eigenvalue weighted by molar-refractivity contribution is 6.05. The Morgan fingerprint density at radius 1 is 0.971 bits per heavy atom. The van der Waals surface area contributed by atoms with Crippen molar-refractivity contribution in [1.29, 1.82) is 0 Å². The highest BCUT2D eigenvalue weighted by Crippen LogP contribution is 2.24. The number of aromatic nitrogens is 3. The zero-order valence-electron chi connectivity index (χ0n) is 18.8. The van der Waals surface area contributed by atoms with Crippen LogP contribution in [-0.2, 0) is 13.0 Å². The van der Waals surface area contributed by atoms with Gasteiger partial charge in [-0.1, -0.05) is 18.2 Å². The average molecular weight is 470 g/mol. The number of ether oxygens (including phenoxy) is 1. The molecule has 0 radical (unpaired) electrons. The van der Waals surface area contributed by atoms with Crippen LogP contribution in [0.5, 0.6) is 11.5 Å². The van der Waals surface area contributed by atoms with Crippen LogP contribution in [-0.4, -0.2) is 26.2 Å². The first-order valence-corrected chi connectivity index (χ1v) is 11.3. The number of hydrogen-bond donors (Lipinski definition) is 2. The molecule has 3 heterocycles. The van der Waals surface area contributed by atoms with Crippen molar-refractivity contribution < 1.29 is 14.3 Å². The van der Waals surface area contributed by atoms with Gasteiger partial charge >= 0.3 is 0 Å². The predicted octanol–water partition coefficient (Wildman–Crippen LogP) is 3.51. The second kappa shape index (κ2) is 9.30. The van der Waals surface area contributed by atoms with Crippen molar-refractivity contribution >= 4 is 17.5 Å². The first kappa shape index (κ1) is 22.1. The molecule has 0 bridgehead atoms. The highest BCUT2D eigenvalue weighted by Gasteiger charge is 2.27. The lowest BCUT2D eigenvalue weighted by Gasteiger charge is -2.19. The Balaban J connectivity index is 1.38. The first-order chi connectivity index (χ1) is 17.0. The fourth-order valence-electron chi connectivity index (χ4n) is 4.23. The summed E-state index contributed by atoms with van der Waals surface area (Å²) in [6, 6.07) is 19.1. The molecule has 2 amide bonds. The number of carbonyl (C=O) groups is 2. The van der Waals surface area contributed by atoms with Crippen LogP contribution in [0.15, 0.2) is 77.7 Å². The zero-order valence-corrected chi connectivity index (χ0v) is 18.8. The SMILES string of the molecule is NC(=O)c1cc(Oc2ccc(NC(=O)c3c4n(n(-c5ccccc5)c3=O)CCCC4)cc2)ccn1. The van der Waals surface area contributed by atoms with Crippen LogP contribution in [0.1, 0.15) is 39.4 Å². The summed E-state index contributed by atoms with van der Waals surface area (Å²) in [5.74, 6) is -0.179. The van der Waals surface area contributed by atoms with Crippen LogP contribution in [0.4, 0.5) is 5.69 Å². The molecule has 0 atom stereocenters. The van der Waals surface area contributed by atoms with Gasteiger partial charge in [0.15, 0.2) is 0 Å².